The van der Waals surface area contributed by atoms with Gasteiger partial charge in [-0.2, -0.15) is 13.2 Å². The van der Waals surface area contributed by atoms with Gasteiger partial charge in [-0.05, 0) is 27.6 Å². The van der Waals surface area contributed by atoms with Crippen molar-refractivity contribution in [1.29, 1.82) is 0 Å². The molecule has 6 heteroatoms. The second-order valence-corrected chi connectivity index (χ2v) is 4.04. The van der Waals surface area contributed by atoms with Crippen LogP contribution in [0.4, 0.5) is 18.9 Å². The minimum absolute atomic E-state index is 0.124. The van der Waals surface area contributed by atoms with Crippen LogP contribution in [0.25, 0.3) is 0 Å². The number of halogens is 5. The molecule has 0 saturated carbocycles. The molecule has 1 aromatic carbocycles. The predicted molar refractivity (Wildman–Crippen MR) is 56.2 cm³/mol. The lowest BCUT2D eigenvalue weighted by Crippen LogP contribution is -2.12. The van der Waals surface area contributed by atoms with E-state index in [2.05, 4.69) is 31.9 Å². The SMILES string of the molecule is Nc1c(Br)ccc(CBr)c1C(F)(F)F. The van der Waals surface area contributed by atoms with Crippen molar-refractivity contribution in [2.24, 2.45) is 0 Å². The zero-order valence-electron chi connectivity index (χ0n) is 6.83. The minimum atomic E-state index is -4.42. The molecule has 0 amide bonds. The fourth-order valence-corrected chi connectivity index (χ4v) is 1.88. The van der Waals surface area contributed by atoms with Crippen molar-refractivity contribution in [1.82, 2.24) is 0 Å². The van der Waals surface area contributed by atoms with Gasteiger partial charge in [-0.15, -0.1) is 0 Å². The lowest BCUT2D eigenvalue weighted by atomic mass is 10.1. The van der Waals surface area contributed by atoms with Gasteiger partial charge < -0.3 is 5.73 Å². The van der Waals surface area contributed by atoms with Crippen molar-refractivity contribution >= 4 is 37.5 Å². The highest BCUT2D eigenvalue weighted by atomic mass is 79.9. The highest BCUT2D eigenvalue weighted by Gasteiger charge is 2.36. The van der Waals surface area contributed by atoms with Crippen molar-refractivity contribution in [3.63, 3.8) is 0 Å². The predicted octanol–water partition coefficient (Wildman–Crippen LogP) is 3.95. The molecule has 14 heavy (non-hydrogen) atoms. The second-order valence-electron chi connectivity index (χ2n) is 2.63. The fourth-order valence-electron chi connectivity index (χ4n) is 1.09. The first-order valence-electron chi connectivity index (χ1n) is 3.58. The third-order valence-corrected chi connectivity index (χ3v) is 3.00. The van der Waals surface area contributed by atoms with Crippen molar-refractivity contribution < 1.29 is 13.2 Å². The molecular weight excluding hydrogens is 327 g/mol. The summed E-state index contributed by atoms with van der Waals surface area (Å²) in [4.78, 5) is 0. The van der Waals surface area contributed by atoms with Crippen molar-refractivity contribution in [3.05, 3.63) is 27.7 Å². The van der Waals surface area contributed by atoms with Crippen LogP contribution in [0, 0.1) is 0 Å². The Bertz CT molecular complexity index is 349. The highest BCUT2D eigenvalue weighted by Crippen LogP contribution is 2.40. The number of nitrogen functional groups attached to an aromatic ring is 1. The normalized spacial score (nSPS) is 11.8. The maximum absolute atomic E-state index is 12.6. The smallest absolute Gasteiger partial charge is 0.397 e. The van der Waals surface area contributed by atoms with Gasteiger partial charge in [0.2, 0.25) is 0 Å². The number of hydrogen-bond donors (Lipinski definition) is 1. The molecule has 0 aliphatic rings. The molecule has 0 bridgehead atoms. The fraction of sp³-hybridized carbons (Fsp3) is 0.250. The molecule has 1 nitrogen and oxygen atoms in total. The van der Waals surface area contributed by atoms with Crippen molar-refractivity contribution in [3.8, 4) is 0 Å². The maximum atomic E-state index is 12.6. The van der Waals surface area contributed by atoms with Crippen LogP contribution in [0.2, 0.25) is 0 Å². The summed E-state index contributed by atoms with van der Waals surface area (Å²) >= 11 is 5.95. The van der Waals surface area contributed by atoms with E-state index in [0.29, 0.717) is 0 Å². The van der Waals surface area contributed by atoms with Crippen LogP contribution < -0.4 is 5.73 Å². The zero-order valence-corrected chi connectivity index (χ0v) is 10.0. The molecule has 0 unspecified atom stereocenters. The molecule has 0 radical (unpaired) electrons. The van der Waals surface area contributed by atoms with E-state index in [9.17, 15) is 13.2 Å². The summed E-state index contributed by atoms with van der Waals surface area (Å²) in [5.41, 5.74) is 4.45. The summed E-state index contributed by atoms with van der Waals surface area (Å²) in [6.07, 6.45) is -4.42. The number of hydrogen-bond acceptors (Lipinski definition) is 1. The van der Waals surface area contributed by atoms with Gasteiger partial charge in [0.25, 0.3) is 0 Å². The number of anilines is 1. The van der Waals surface area contributed by atoms with E-state index in [-0.39, 0.29) is 21.1 Å². The summed E-state index contributed by atoms with van der Waals surface area (Å²) in [7, 11) is 0. The Morgan fingerprint density at radius 2 is 1.86 bits per heavy atom. The number of rotatable bonds is 1. The van der Waals surface area contributed by atoms with Gasteiger partial charge >= 0.3 is 6.18 Å². The molecule has 0 saturated heterocycles. The van der Waals surface area contributed by atoms with E-state index < -0.39 is 11.7 Å². The van der Waals surface area contributed by atoms with Crippen LogP contribution in [0.3, 0.4) is 0 Å². The van der Waals surface area contributed by atoms with Crippen LogP contribution in [0.5, 0.6) is 0 Å². The molecule has 1 rings (SSSR count). The molecule has 0 spiro atoms. The molecule has 0 atom stereocenters. The Kier molecular flexibility index (Phi) is 3.47. The van der Waals surface area contributed by atoms with Gasteiger partial charge in [0, 0.05) is 9.80 Å². The topological polar surface area (TPSA) is 26.0 Å². The van der Waals surface area contributed by atoms with Crippen LogP contribution in [0.1, 0.15) is 11.1 Å². The molecule has 0 heterocycles. The van der Waals surface area contributed by atoms with Gasteiger partial charge in [0.05, 0.1) is 11.3 Å². The third-order valence-electron chi connectivity index (χ3n) is 1.71. The molecule has 0 aromatic heterocycles. The monoisotopic (exact) mass is 331 g/mol. The van der Waals surface area contributed by atoms with Gasteiger partial charge in [0.1, 0.15) is 0 Å². The Hall–Kier alpha value is -0.230. The summed E-state index contributed by atoms with van der Waals surface area (Å²) in [5.74, 6) is 0. The lowest BCUT2D eigenvalue weighted by Gasteiger charge is -2.14. The van der Waals surface area contributed by atoms with E-state index in [0.717, 1.165) is 0 Å². The van der Waals surface area contributed by atoms with Crippen LogP contribution in [-0.2, 0) is 11.5 Å². The Morgan fingerprint density at radius 1 is 1.29 bits per heavy atom. The maximum Gasteiger partial charge on any atom is 0.418 e. The first-order valence-corrected chi connectivity index (χ1v) is 5.49. The first-order chi connectivity index (χ1) is 6.38. The van der Waals surface area contributed by atoms with Crippen LogP contribution in [0.15, 0.2) is 16.6 Å². The average molecular weight is 333 g/mol. The van der Waals surface area contributed by atoms with Gasteiger partial charge in [-0.1, -0.05) is 22.0 Å². The van der Waals surface area contributed by atoms with Crippen LogP contribution in [-0.4, -0.2) is 0 Å². The summed E-state index contributed by atoms with van der Waals surface area (Å²) in [6.45, 7) is 0. The molecule has 0 aliphatic heterocycles. The van der Waals surface area contributed by atoms with Crippen LogP contribution >= 0.6 is 31.9 Å². The average Bonchev–Trinajstić information content (AvgIpc) is 2.07. The van der Waals surface area contributed by atoms with E-state index >= 15 is 0 Å². The number of alkyl halides is 4. The standard InChI is InChI=1S/C8H6Br2F3N/c9-3-4-1-2-5(10)7(14)6(4)8(11,12)13/h1-2H,3,14H2. The highest BCUT2D eigenvalue weighted by molar-refractivity contribution is 9.10. The Balaban J connectivity index is 3.44. The summed E-state index contributed by atoms with van der Waals surface area (Å²) < 4.78 is 37.9. The molecule has 0 aliphatic carbocycles. The Labute approximate surface area is 95.7 Å². The molecule has 0 fully saturated rings. The van der Waals surface area contributed by atoms with Crippen molar-refractivity contribution in [2.75, 3.05) is 5.73 Å². The van der Waals surface area contributed by atoms with Gasteiger partial charge in [-0.25, -0.2) is 0 Å². The van der Waals surface area contributed by atoms with E-state index in [1.54, 1.807) is 0 Å². The summed E-state index contributed by atoms with van der Waals surface area (Å²) in [6, 6.07) is 2.89. The number of nitrogens with two attached hydrogens (primary N) is 1. The lowest BCUT2D eigenvalue weighted by molar-refractivity contribution is -0.137. The molecular formula is C8H6Br2F3N. The Morgan fingerprint density at radius 3 is 2.29 bits per heavy atom. The quantitative estimate of drug-likeness (QED) is 0.611. The van der Waals surface area contributed by atoms with E-state index in [1.807, 2.05) is 0 Å². The van der Waals surface area contributed by atoms with E-state index in [4.69, 9.17) is 5.73 Å². The van der Waals surface area contributed by atoms with Gasteiger partial charge in [-0.3, -0.25) is 0 Å². The molecule has 78 valence electrons. The van der Waals surface area contributed by atoms with Crippen molar-refractivity contribution in [2.45, 2.75) is 11.5 Å². The summed E-state index contributed by atoms with van der Waals surface area (Å²) in [5, 5.41) is 0.124. The third kappa shape index (κ3) is 2.23. The zero-order chi connectivity index (χ0) is 10.9. The largest absolute Gasteiger partial charge is 0.418 e. The second kappa shape index (κ2) is 4.10. The first kappa shape index (κ1) is 11.8. The number of benzene rings is 1. The van der Waals surface area contributed by atoms with Gasteiger partial charge in [0.15, 0.2) is 0 Å². The minimum Gasteiger partial charge on any atom is -0.397 e. The molecule has 2 N–H and O–H groups in total. The van der Waals surface area contributed by atoms with E-state index in [1.165, 1.54) is 12.1 Å². The molecule has 1 aromatic rings.